The van der Waals surface area contributed by atoms with Gasteiger partial charge in [-0.2, -0.15) is 5.26 Å². The topological polar surface area (TPSA) is 89.3 Å². The summed E-state index contributed by atoms with van der Waals surface area (Å²) in [5.41, 5.74) is 0.442. The molecule has 0 aliphatic carbocycles. The van der Waals surface area contributed by atoms with Gasteiger partial charge in [0, 0.05) is 31.7 Å². The molecular formula is C19H27N5O2S. The molecule has 3 saturated heterocycles. The van der Waals surface area contributed by atoms with Gasteiger partial charge in [-0.25, -0.2) is 18.1 Å². The third-order valence-corrected chi connectivity index (χ3v) is 7.04. The number of fused-ring (bicyclic) bond motifs is 4. The Kier molecular flexibility index (Phi) is 5.10. The largest absolute Gasteiger partial charge is 0.356 e. The molecule has 146 valence electrons. The molecule has 0 saturated carbocycles. The highest BCUT2D eigenvalue weighted by Gasteiger charge is 2.47. The molecule has 4 heterocycles. The van der Waals surface area contributed by atoms with E-state index in [2.05, 4.69) is 25.6 Å². The highest BCUT2D eigenvalue weighted by molar-refractivity contribution is 7.88. The Bertz CT molecular complexity index is 837. The smallest absolute Gasteiger partial charge is 0.208 e. The summed E-state index contributed by atoms with van der Waals surface area (Å²) in [5.74, 6) is 1.84. The van der Waals surface area contributed by atoms with E-state index < -0.39 is 10.0 Å². The van der Waals surface area contributed by atoms with Gasteiger partial charge >= 0.3 is 0 Å². The number of aromatic nitrogens is 1. The lowest BCUT2D eigenvalue weighted by Crippen LogP contribution is -2.65. The molecule has 8 heteroatoms. The zero-order chi connectivity index (χ0) is 19.0. The van der Waals surface area contributed by atoms with Crippen molar-refractivity contribution in [3.63, 3.8) is 0 Å². The van der Waals surface area contributed by atoms with Crippen LogP contribution in [0.4, 0.5) is 5.82 Å². The number of hydrogen-bond donors (Lipinski definition) is 1. The molecule has 27 heavy (non-hydrogen) atoms. The van der Waals surface area contributed by atoms with Crippen molar-refractivity contribution in [3.05, 3.63) is 23.9 Å². The molecule has 4 rings (SSSR count). The molecular weight excluding hydrogens is 362 g/mol. The summed E-state index contributed by atoms with van der Waals surface area (Å²) in [6.45, 7) is 3.37. The summed E-state index contributed by atoms with van der Waals surface area (Å²) in [7, 11) is -3.20. The number of nitriles is 1. The summed E-state index contributed by atoms with van der Waals surface area (Å²) in [4.78, 5) is 9.38. The molecule has 1 N–H and O–H groups in total. The van der Waals surface area contributed by atoms with Gasteiger partial charge in [-0.3, -0.25) is 4.90 Å². The molecule has 0 radical (unpaired) electrons. The third kappa shape index (κ3) is 3.96. The van der Waals surface area contributed by atoms with Gasteiger partial charge in [-0.1, -0.05) is 12.5 Å². The van der Waals surface area contributed by atoms with Gasteiger partial charge in [0.15, 0.2) is 0 Å². The molecule has 0 unspecified atom stereocenters. The fourth-order valence-corrected chi connectivity index (χ4v) is 5.75. The van der Waals surface area contributed by atoms with E-state index in [0.29, 0.717) is 30.1 Å². The number of pyridine rings is 1. The maximum atomic E-state index is 11.7. The second-order valence-electron chi connectivity index (χ2n) is 8.14. The number of nitrogens with one attached hydrogen (secondary N) is 1. The Labute approximate surface area is 161 Å². The van der Waals surface area contributed by atoms with E-state index in [1.54, 1.807) is 6.07 Å². The Morgan fingerprint density at radius 2 is 2.11 bits per heavy atom. The molecule has 1 aromatic rings. The van der Waals surface area contributed by atoms with Crippen molar-refractivity contribution in [2.24, 2.45) is 11.8 Å². The molecule has 2 bridgehead atoms. The van der Waals surface area contributed by atoms with Gasteiger partial charge in [0.1, 0.15) is 17.6 Å². The molecule has 1 aromatic heterocycles. The van der Waals surface area contributed by atoms with Crippen LogP contribution in [-0.2, 0) is 10.0 Å². The lowest BCUT2D eigenvalue weighted by Gasteiger charge is -2.57. The molecule has 0 aromatic carbocycles. The van der Waals surface area contributed by atoms with E-state index in [1.807, 2.05) is 12.1 Å². The molecule has 3 aliphatic heterocycles. The third-order valence-electron chi connectivity index (χ3n) is 6.35. The number of hydrogen-bond acceptors (Lipinski definition) is 6. The lowest BCUT2D eigenvalue weighted by molar-refractivity contribution is -0.0295. The highest BCUT2D eigenvalue weighted by atomic mass is 32.2. The van der Waals surface area contributed by atoms with Crippen LogP contribution in [0.3, 0.4) is 0 Å². The van der Waals surface area contributed by atoms with Crippen LogP contribution >= 0.6 is 0 Å². The van der Waals surface area contributed by atoms with Gasteiger partial charge in [0.25, 0.3) is 0 Å². The zero-order valence-corrected chi connectivity index (χ0v) is 16.5. The first-order valence-corrected chi connectivity index (χ1v) is 11.7. The van der Waals surface area contributed by atoms with E-state index in [4.69, 9.17) is 5.26 Å². The molecule has 7 nitrogen and oxygen atoms in total. The van der Waals surface area contributed by atoms with Crippen molar-refractivity contribution < 1.29 is 8.42 Å². The maximum Gasteiger partial charge on any atom is 0.208 e. The number of nitrogens with zero attached hydrogens (tertiary/aromatic N) is 4. The minimum absolute atomic E-state index is 0.225. The van der Waals surface area contributed by atoms with Crippen molar-refractivity contribution in [3.8, 4) is 6.07 Å². The average Bonchev–Trinajstić information content (AvgIpc) is 2.67. The Balaban J connectivity index is 1.59. The molecule has 0 amide bonds. The normalized spacial score (nSPS) is 31.2. The second-order valence-corrected chi connectivity index (χ2v) is 9.98. The fraction of sp³-hybridized carbons (Fsp3) is 0.684. The molecule has 4 atom stereocenters. The monoisotopic (exact) mass is 389 g/mol. The molecule has 3 aliphatic rings. The SMILES string of the molecule is CS(=O)(=O)NC[C@H]1[C@H]2C[C@H](CN(c3cccc(C#N)n3)C2)[C@@H]2CCCCN21. The minimum atomic E-state index is -3.20. The van der Waals surface area contributed by atoms with Crippen LogP contribution in [0.1, 0.15) is 31.4 Å². The van der Waals surface area contributed by atoms with Gasteiger partial charge in [0.2, 0.25) is 10.0 Å². The van der Waals surface area contributed by atoms with Gasteiger partial charge < -0.3 is 4.90 Å². The summed E-state index contributed by atoms with van der Waals surface area (Å²) < 4.78 is 26.1. The highest BCUT2D eigenvalue weighted by Crippen LogP contribution is 2.41. The first-order valence-electron chi connectivity index (χ1n) is 9.77. The Morgan fingerprint density at radius 1 is 1.30 bits per heavy atom. The fourth-order valence-electron chi connectivity index (χ4n) is 5.27. The van der Waals surface area contributed by atoms with Crippen LogP contribution in [0.15, 0.2) is 18.2 Å². The van der Waals surface area contributed by atoms with E-state index in [0.717, 1.165) is 31.9 Å². The quantitative estimate of drug-likeness (QED) is 0.832. The van der Waals surface area contributed by atoms with Crippen molar-refractivity contribution in [1.29, 1.82) is 5.26 Å². The van der Waals surface area contributed by atoms with Crippen molar-refractivity contribution in [2.75, 3.05) is 37.3 Å². The number of sulfonamides is 1. The molecule has 0 spiro atoms. The number of rotatable bonds is 4. The summed E-state index contributed by atoms with van der Waals surface area (Å²) in [6.07, 6.45) is 6.01. The van der Waals surface area contributed by atoms with Crippen LogP contribution in [0.2, 0.25) is 0 Å². The van der Waals surface area contributed by atoms with Crippen LogP contribution in [0.25, 0.3) is 0 Å². The molecule has 3 fully saturated rings. The van der Waals surface area contributed by atoms with Crippen LogP contribution in [-0.4, -0.2) is 62.8 Å². The number of anilines is 1. The summed E-state index contributed by atoms with van der Waals surface area (Å²) >= 11 is 0. The second kappa shape index (κ2) is 7.38. The maximum absolute atomic E-state index is 11.7. The number of piperidine rings is 3. The van der Waals surface area contributed by atoms with Crippen molar-refractivity contribution in [1.82, 2.24) is 14.6 Å². The Morgan fingerprint density at radius 3 is 2.89 bits per heavy atom. The predicted molar refractivity (Wildman–Crippen MR) is 104 cm³/mol. The van der Waals surface area contributed by atoms with Gasteiger partial charge in [-0.05, 0) is 49.8 Å². The van der Waals surface area contributed by atoms with E-state index in [9.17, 15) is 8.42 Å². The first kappa shape index (κ1) is 18.7. The van der Waals surface area contributed by atoms with Crippen LogP contribution in [0.5, 0.6) is 0 Å². The summed E-state index contributed by atoms with van der Waals surface area (Å²) in [6, 6.07) is 8.47. The predicted octanol–water partition coefficient (Wildman–Crippen LogP) is 1.18. The first-order chi connectivity index (χ1) is 12.9. The van der Waals surface area contributed by atoms with E-state index in [1.165, 1.54) is 25.5 Å². The lowest BCUT2D eigenvalue weighted by atomic mass is 9.72. The summed E-state index contributed by atoms with van der Waals surface area (Å²) in [5, 5.41) is 9.16. The minimum Gasteiger partial charge on any atom is -0.356 e. The Hall–Kier alpha value is -1.69. The van der Waals surface area contributed by atoms with Gasteiger partial charge in [-0.15, -0.1) is 0 Å². The van der Waals surface area contributed by atoms with Crippen LogP contribution in [0, 0.1) is 23.2 Å². The zero-order valence-electron chi connectivity index (χ0n) is 15.7. The standard InChI is InChI=1S/C19H27N5O2S/c1-27(25,26)21-11-18-15-9-14(17-6-2-3-8-24(17)18)12-23(13-15)19-7-4-5-16(10-20)22-19/h4-5,7,14-15,17-18,21H,2-3,6,8-9,11-13H2,1H3/t14-,15+,17+,18+/m1/s1. The average molecular weight is 390 g/mol. The van der Waals surface area contributed by atoms with E-state index >= 15 is 0 Å². The van der Waals surface area contributed by atoms with Crippen LogP contribution < -0.4 is 9.62 Å². The van der Waals surface area contributed by atoms with Crippen molar-refractivity contribution >= 4 is 15.8 Å². The van der Waals surface area contributed by atoms with Crippen molar-refractivity contribution in [2.45, 2.75) is 37.8 Å². The van der Waals surface area contributed by atoms with E-state index in [-0.39, 0.29) is 6.04 Å². The van der Waals surface area contributed by atoms with Gasteiger partial charge in [0.05, 0.1) is 6.26 Å².